The molecule has 1 aromatic carbocycles. The smallest absolute Gasteiger partial charge is 0.323 e. The molecule has 5 N–H and O–H groups in total. The maximum Gasteiger partial charge on any atom is 0.323 e. The van der Waals surface area contributed by atoms with E-state index in [0.717, 1.165) is 5.56 Å². The van der Waals surface area contributed by atoms with Crippen molar-refractivity contribution in [2.24, 2.45) is 0 Å². The van der Waals surface area contributed by atoms with Crippen LogP contribution in [-0.2, 0) is 11.3 Å². The molecule has 16 heavy (non-hydrogen) atoms. The number of carboxylic acid groups (broad SMARTS) is 1. The van der Waals surface area contributed by atoms with Crippen molar-refractivity contribution in [3.63, 3.8) is 0 Å². The molecule has 0 aromatic heterocycles. The van der Waals surface area contributed by atoms with Crippen molar-refractivity contribution >= 4 is 23.3 Å². The Bertz CT molecular complexity index is 370. The second-order valence-corrected chi connectivity index (χ2v) is 3.60. The lowest BCUT2D eigenvalue weighted by molar-refractivity contribution is -0.420. The average molecular weight is 240 g/mol. The number of hydrogen-bond donors (Lipinski definition) is 3. The molecule has 0 saturated carbocycles. The highest BCUT2D eigenvalue weighted by molar-refractivity contribution is 7.80. The van der Waals surface area contributed by atoms with Crippen LogP contribution in [0.1, 0.15) is 5.56 Å². The fraction of sp³-hybridized carbons (Fsp3) is 0.200. The highest BCUT2D eigenvalue weighted by Gasteiger charge is 2.13. The fourth-order valence-electron chi connectivity index (χ4n) is 1.28. The quantitative estimate of drug-likeness (QED) is 0.493. The summed E-state index contributed by atoms with van der Waals surface area (Å²) in [5.41, 5.74) is 3.54. The standard InChI is InChI=1S/C10H13N3O2S/c11-12-10(16)13(7-9(14)15)6-8-4-2-1-3-5-8/h1-5H,6-7,11H2,(H,12,16)(H,14,15)/p+1. The number of nitrogens with zero attached hydrogens (tertiary/aromatic N) is 1. The third-order valence-corrected chi connectivity index (χ3v) is 2.38. The predicted octanol–water partition coefficient (Wildman–Crippen LogP) is -0.395. The molecular formula is C10H14N3O2S+. The van der Waals surface area contributed by atoms with Crippen molar-refractivity contribution in [3.8, 4) is 0 Å². The number of quaternary nitrogens is 1. The van der Waals surface area contributed by atoms with Crippen molar-refractivity contribution in [1.29, 1.82) is 0 Å². The fourth-order valence-corrected chi connectivity index (χ4v) is 1.41. The number of carboxylic acids is 1. The van der Waals surface area contributed by atoms with Crippen LogP contribution >= 0.6 is 12.2 Å². The molecule has 6 heteroatoms. The van der Waals surface area contributed by atoms with Gasteiger partial charge in [0, 0.05) is 6.54 Å². The minimum Gasteiger partial charge on any atom is -0.480 e. The Hall–Kier alpha value is -1.66. The highest BCUT2D eigenvalue weighted by atomic mass is 32.1. The van der Waals surface area contributed by atoms with Gasteiger partial charge in [-0.25, -0.2) is 5.43 Å². The molecule has 0 radical (unpaired) electrons. The molecule has 0 heterocycles. The summed E-state index contributed by atoms with van der Waals surface area (Å²) >= 11 is 4.98. The van der Waals surface area contributed by atoms with Crippen molar-refractivity contribution in [2.45, 2.75) is 6.54 Å². The second kappa shape index (κ2) is 6.04. The van der Waals surface area contributed by atoms with Crippen molar-refractivity contribution in [2.75, 3.05) is 6.54 Å². The van der Waals surface area contributed by atoms with E-state index in [9.17, 15) is 4.79 Å². The van der Waals surface area contributed by atoms with E-state index in [1.54, 1.807) is 4.90 Å². The minimum atomic E-state index is -0.923. The zero-order valence-corrected chi connectivity index (χ0v) is 9.54. The first-order valence-corrected chi connectivity index (χ1v) is 5.12. The Kier molecular flexibility index (Phi) is 4.68. The summed E-state index contributed by atoms with van der Waals surface area (Å²) in [7, 11) is 0. The predicted molar refractivity (Wildman–Crippen MR) is 63.1 cm³/mol. The van der Waals surface area contributed by atoms with Gasteiger partial charge >= 0.3 is 5.97 Å². The summed E-state index contributed by atoms with van der Waals surface area (Å²) in [5.74, 6) is 2.51. The molecule has 1 rings (SSSR count). The monoisotopic (exact) mass is 240 g/mol. The van der Waals surface area contributed by atoms with Gasteiger partial charge in [0.05, 0.1) is 0 Å². The lowest BCUT2D eigenvalue weighted by Gasteiger charge is -2.21. The number of thiocarbonyl (C=S) groups is 1. The van der Waals surface area contributed by atoms with Gasteiger partial charge in [0.15, 0.2) is 0 Å². The van der Waals surface area contributed by atoms with Gasteiger partial charge in [-0.15, -0.1) is 0 Å². The number of benzene rings is 1. The zero-order chi connectivity index (χ0) is 12.0. The number of hydrogen-bond acceptors (Lipinski definition) is 2. The van der Waals surface area contributed by atoms with Crippen LogP contribution in [0.5, 0.6) is 0 Å². The van der Waals surface area contributed by atoms with Crippen molar-refractivity contribution in [1.82, 2.24) is 10.3 Å². The molecule has 86 valence electrons. The molecular weight excluding hydrogens is 226 g/mol. The SMILES string of the molecule is [NH3+]NC(=S)N(CC(=O)O)Cc1ccccc1. The molecule has 0 unspecified atom stereocenters. The molecule has 5 nitrogen and oxygen atoms in total. The van der Waals surface area contributed by atoms with Crippen LogP contribution in [-0.4, -0.2) is 27.6 Å². The largest absolute Gasteiger partial charge is 0.480 e. The van der Waals surface area contributed by atoms with Gasteiger partial charge < -0.3 is 10.0 Å². The molecule has 1 aromatic rings. The Labute approximate surface area is 98.8 Å². The topological polar surface area (TPSA) is 80.2 Å². The van der Waals surface area contributed by atoms with Gasteiger partial charge in [-0.2, -0.15) is 0 Å². The van der Waals surface area contributed by atoms with Gasteiger partial charge in [0.25, 0.3) is 0 Å². The maximum absolute atomic E-state index is 10.7. The highest BCUT2D eigenvalue weighted by Crippen LogP contribution is 2.04. The van der Waals surface area contributed by atoms with Crippen LogP contribution in [0.2, 0.25) is 0 Å². The first-order chi connectivity index (χ1) is 7.63. The first-order valence-electron chi connectivity index (χ1n) is 4.71. The van der Waals surface area contributed by atoms with Gasteiger partial charge in [0.1, 0.15) is 6.54 Å². The minimum absolute atomic E-state index is 0.143. The molecule has 0 bridgehead atoms. The van der Waals surface area contributed by atoms with E-state index in [1.807, 2.05) is 30.3 Å². The molecule has 0 amide bonds. The van der Waals surface area contributed by atoms with Crippen LogP contribution in [0.15, 0.2) is 30.3 Å². The molecule has 0 atom stereocenters. The Balaban J connectivity index is 2.70. The van der Waals surface area contributed by atoms with Crippen LogP contribution in [0.3, 0.4) is 0 Å². The summed E-state index contributed by atoms with van der Waals surface area (Å²) in [6, 6.07) is 9.54. The maximum atomic E-state index is 10.7. The summed E-state index contributed by atoms with van der Waals surface area (Å²) in [6.45, 7) is 0.310. The summed E-state index contributed by atoms with van der Waals surface area (Å²) in [4.78, 5) is 12.2. The summed E-state index contributed by atoms with van der Waals surface area (Å²) < 4.78 is 0. The zero-order valence-electron chi connectivity index (χ0n) is 8.72. The second-order valence-electron chi connectivity index (χ2n) is 3.22. The lowest BCUT2D eigenvalue weighted by atomic mass is 10.2. The third kappa shape index (κ3) is 3.84. The van der Waals surface area contributed by atoms with E-state index in [-0.39, 0.29) is 6.54 Å². The van der Waals surface area contributed by atoms with Gasteiger partial charge in [-0.1, -0.05) is 30.3 Å². The first kappa shape index (κ1) is 12.4. The van der Waals surface area contributed by atoms with Gasteiger partial charge in [0.2, 0.25) is 5.11 Å². The molecule has 0 saturated heterocycles. The Morgan fingerprint density at radius 3 is 2.56 bits per heavy atom. The van der Waals surface area contributed by atoms with Crippen LogP contribution in [0.25, 0.3) is 0 Å². The van der Waals surface area contributed by atoms with E-state index in [1.165, 1.54) is 0 Å². The van der Waals surface area contributed by atoms with Crippen LogP contribution < -0.4 is 11.3 Å². The number of aliphatic carboxylic acids is 1. The Morgan fingerprint density at radius 2 is 2.06 bits per heavy atom. The Morgan fingerprint density at radius 1 is 1.44 bits per heavy atom. The number of carbonyl (C=O) groups is 1. The summed E-state index contributed by atoms with van der Waals surface area (Å²) in [6.07, 6.45) is 0. The molecule has 0 aliphatic rings. The van der Waals surface area contributed by atoms with E-state index >= 15 is 0 Å². The molecule has 0 spiro atoms. The number of rotatable bonds is 4. The van der Waals surface area contributed by atoms with E-state index in [4.69, 9.17) is 17.3 Å². The summed E-state index contributed by atoms with van der Waals surface area (Å²) in [5, 5.41) is 9.08. The third-order valence-electron chi connectivity index (χ3n) is 1.98. The normalized spacial score (nSPS) is 9.56. The van der Waals surface area contributed by atoms with Crippen LogP contribution in [0.4, 0.5) is 0 Å². The van der Waals surface area contributed by atoms with Gasteiger partial charge in [-0.05, 0) is 17.8 Å². The molecule has 0 aliphatic heterocycles. The number of nitrogens with one attached hydrogen (secondary N) is 1. The van der Waals surface area contributed by atoms with E-state index < -0.39 is 5.97 Å². The van der Waals surface area contributed by atoms with Crippen molar-refractivity contribution < 1.29 is 15.7 Å². The lowest BCUT2D eigenvalue weighted by Crippen LogP contribution is -2.69. The van der Waals surface area contributed by atoms with E-state index in [0.29, 0.717) is 11.7 Å². The van der Waals surface area contributed by atoms with Gasteiger partial charge in [-0.3, -0.25) is 10.6 Å². The van der Waals surface area contributed by atoms with Crippen LogP contribution in [0, 0.1) is 0 Å². The van der Waals surface area contributed by atoms with Crippen molar-refractivity contribution in [3.05, 3.63) is 35.9 Å². The molecule has 0 fully saturated rings. The average Bonchev–Trinajstić information content (AvgIpc) is 2.28. The van der Waals surface area contributed by atoms with E-state index in [2.05, 4.69) is 11.3 Å². The molecule has 0 aliphatic carbocycles.